The molecule has 0 bridgehead atoms. The molecule has 2 aromatic rings. The molecule has 108 valence electrons. The monoisotopic (exact) mass is 317 g/mol. The van der Waals surface area contributed by atoms with Gasteiger partial charge in [0.15, 0.2) is 0 Å². The molecule has 0 amide bonds. The van der Waals surface area contributed by atoms with E-state index in [9.17, 15) is 12.8 Å². The highest BCUT2D eigenvalue weighted by molar-refractivity contribution is 7.89. The molecule has 4 nitrogen and oxygen atoms in total. The first-order chi connectivity index (χ1) is 9.29. The summed E-state index contributed by atoms with van der Waals surface area (Å²) in [5.41, 5.74) is 0. The van der Waals surface area contributed by atoms with E-state index in [1.165, 1.54) is 0 Å². The van der Waals surface area contributed by atoms with E-state index in [1.54, 1.807) is 26.0 Å². The van der Waals surface area contributed by atoms with Crippen LogP contribution in [-0.4, -0.2) is 8.42 Å². The molecule has 0 radical (unpaired) electrons. The molecule has 1 atom stereocenters. The molecule has 0 saturated heterocycles. The summed E-state index contributed by atoms with van der Waals surface area (Å²) < 4.78 is 45.2. The largest absolute Gasteiger partial charge is 0.465 e. The average Bonchev–Trinajstić information content (AvgIpc) is 2.79. The zero-order valence-corrected chi connectivity index (χ0v) is 12.4. The molecule has 1 unspecified atom stereocenters. The highest BCUT2D eigenvalue weighted by Gasteiger charge is 2.21. The molecular formula is C13H13ClFNO3S. The Morgan fingerprint density at radius 1 is 1.30 bits per heavy atom. The first kappa shape index (κ1) is 15.0. The summed E-state index contributed by atoms with van der Waals surface area (Å²) in [4.78, 5) is -0.0981. The van der Waals surface area contributed by atoms with Gasteiger partial charge in [-0.1, -0.05) is 11.6 Å². The van der Waals surface area contributed by atoms with Crippen LogP contribution in [0.2, 0.25) is 5.02 Å². The van der Waals surface area contributed by atoms with Crippen molar-refractivity contribution in [3.63, 3.8) is 0 Å². The Morgan fingerprint density at radius 2 is 2.00 bits per heavy atom. The van der Waals surface area contributed by atoms with Gasteiger partial charge in [0.05, 0.1) is 16.0 Å². The van der Waals surface area contributed by atoms with Gasteiger partial charge < -0.3 is 4.42 Å². The number of halogens is 2. The maximum absolute atomic E-state index is 13.1. The number of aryl methyl sites for hydroxylation is 1. The van der Waals surface area contributed by atoms with E-state index in [-0.39, 0.29) is 9.92 Å². The fourth-order valence-electron chi connectivity index (χ4n) is 1.69. The number of sulfonamides is 1. The first-order valence-electron chi connectivity index (χ1n) is 5.83. The minimum Gasteiger partial charge on any atom is -0.465 e. The molecule has 0 saturated carbocycles. The van der Waals surface area contributed by atoms with Crippen molar-refractivity contribution in [3.05, 3.63) is 52.7 Å². The van der Waals surface area contributed by atoms with Gasteiger partial charge in [-0.3, -0.25) is 0 Å². The maximum Gasteiger partial charge on any atom is 0.241 e. The van der Waals surface area contributed by atoms with Crippen LogP contribution in [0.4, 0.5) is 4.39 Å². The van der Waals surface area contributed by atoms with E-state index >= 15 is 0 Å². The van der Waals surface area contributed by atoms with Gasteiger partial charge in [0.2, 0.25) is 10.0 Å². The van der Waals surface area contributed by atoms with Crippen molar-refractivity contribution >= 4 is 21.6 Å². The molecule has 1 aromatic carbocycles. The van der Waals surface area contributed by atoms with Gasteiger partial charge in [0.1, 0.15) is 17.3 Å². The summed E-state index contributed by atoms with van der Waals surface area (Å²) in [7, 11) is -3.80. The van der Waals surface area contributed by atoms with Crippen LogP contribution in [0.5, 0.6) is 0 Å². The van der Waals surface area contributed by atoms with Crippen molar-refractivity contribution < 1.29 is 17.2 Å². The Hall–Kier alpha value is -1.37. The van der Waals surface area contributed by atoms with Gasteiger partial charge in [-0.05, 0) is 44.2 Å². The predicted octanol–water partition coefficient (Wildman–Crippen LogP) is 3.42. The van der Waals surface area contributed by atoms with E-state index < -0.39 is 21.9 Å². The molecule has 20 heavy (non-hydrogen) atoms. The zero-order chi connectivity index (χ0) is 14.9. The molecule has 0 fully saturated rings. The molecule has 1 aromatic heterocycles. The van der Waals surface area contributed by atoms with Gasteiger partial charge in [0, 0.05) is 0 Å². The minimum atomic E-state index is -3.80. The van der Waals surface area contributed by atoms with E-state index in [4.69, 9.17) is 16.0 Å². The third kappa shape index (κ3) is 3.20. The molecule has 2 rings (SSSR count). The van der Waals surface area contributed by atoms with Gasteiger partial charge in [-0.2, -0.15) is 0 Å². The number of benzene rings is 1. The number of furan rings is 1. The third-order valence-corrected chi connectivity index (χ3v) is 4.55. The molecule has 1 heterocycles. The fourth-order valence-corrected chi connectivity index (χ4v) is 3.17. The van der Waals surface area contributed by atoms with Crippen molar-refractivity contribution in [3.8, 4) is 0 Å². The zero-order valence-electron chi connectivity index (χ0n) is 10.9. The SMILES string of the molecule is Cc1ccc(C(C)NS(=O)(=O)c2ccc(F)c(Cl)c2)o1. The van der Waals surface area contributed by atoms with Crippen molar-refractivity contribution in [1.82, 2.24) is 4.72 Å². The fraction of sp³-hybridized carbons (Fsp3) is 0.231. The van der Waals surface area contributed by atoms with Crippen molar-refractivity contribution in [2.75, 3.05) is 0 Å². The van der Waals surface area contributed by atoms with Crippen LogP contribution in [0.15, 0.2) is 39.6 Å². The topological polar surface area (TPSA) is 59.3 Å². The number of hydrogen-bond acceptors (Lipinski definition) is 3. The lowest BCUT2D eigenvalue weighted by atomic mass is 10.3. The highest BCUT2D eigenvalue weighted by atomic mass is 35.5. The Bertz CT molecular complexity index is 727. The Labute approximate surface area is 121 Å². The summed E-state index contributed by atoms with van der Waals surface area (Å²) in [5.74, 6) is 0.524. The number of rotatable bonds is 4. The van der Waals surface area contributed by atoms with Crippen molar-refractivity contribution in [2.45, 2.75) is 24.8 Å². The molecule has 1 N–H and O–H groups in total. The molecule has 0 aliphatic carbocycles. The molecular weight excluding hydrogens is 305 g/mol. The molecule has 0 aliphatic rings. The summed E-state index contributed by atoms with van der Waals surface area (Å²) in [6.45, 7) is 3.42. The summed E-state index contributed by atoms with van der Waals surface area (Å²) in [6.07, 6.45) is 0. The van der Waals surface area contributed by atoms with E-state index in [1.807, 2.05) is 0 Å². The highest BCUT2D eigenvalue weighted by Crippen LogP contribution is 2.22. The van der Waals surface area contributed by atoms with Crippen molar-refractivity contribution in [1.29, 1.82) is 0 Å². The minimum absolute atomic E-state index is 0.0981. The Kier molecular flexibility index (Phi) is 4.17. The van der Waals surface area contributed by atoms with E-state index in [2.05, 4.69) is 4.72 Å². The van der Waals surface area contributed by atoms with Crippen LogP contribution in [-0.2, 0) is 10.0 Å². The summed E-state index contributed by atoms with van der Waals surface area (Å²) >= 11 is 5.59. The van der Waals surface area contributed by atoms with Crippen LogP contribution >= 0.6 is 11.6 Å². The lowest BCUT2D eigenvalue weighted by Crippen LogP contribution is -2.26. The second-order valence-electron chi connectivity index (χ2n) is 4.37. The van der Waals surface area contributed by atoms with Crippen LogP contribution < -0.4 is 4.72 Å². The van der Waals surface area contributed by atoms with E-state index in [0.717, 1.165) is 18.2 Å². The molecule has 0 aliphatic heterocycles. The standard InChI is InChI=1S/C13H13ClFNO3S/c1-8-3-6-13(19-8)9(2)16-20(17,18)10-4-5-12(15)11(14)7-10/h3-7,9,16H,1-2H3. The first-order valence-corrected chi connectivity index (χ1v) is 7.69. The number of nitrogens with one attached hydrogen (secondary N) is 1. The predicted molar refractivity (Wildman–Crippen MR) is 73.6 cm³/mol. The third-order valence-electron chi connectivity index (χ3n) is 2.72. The quantitative estimate of drug-likeness (QED) is 0.940. The van der Waals surface area contributed by atoms with Crippen LogP contribution in [0.25, 0.3) is 0 Å². The lowest BCUT2D eigenvalue weighted by Gasteiger charge is -2.12. The summed E-state index contributed by atoms with van der Waals surface area (Å²) in [5, 5.41) is -0.241. The van der Waals surface area contributed by atoms with Gasteiger partial charge >= 0.3 is 0 Å². The summed E-state index contributed by atoms with van der Waals surface area (Å²) in [6, 6.07) is 6.13. The van der Waals surface area contributed by atoms with Gasteiger partial charge in [-0.15, -0.1) is 0 Å². The molecule has 0 spiro atoms. The van der Waals surface area contributed by atoms with Crippen LogP contribution in [0.3, 0.4) is 0 Å². The normalized spacial score (nSPS) is 13.4. The maximum atomic E-state index is 13.1. The Balaban J connectivity index is 2.24. The van der Waals surface area contributed by atoms with Gasteiger partial charge in [-0.25, -0.2) is 17.5 Å². The average molecular weight is 318 g/mol. The molecule has 7 heteroatoms. The van der Waals surface area contributed by atoms with Gasteiger partial charge in [0.25, 0.3) is 0 Å². The smallest absolute Gasteiger partial charge is 0.241 e. The van der Waals surface area contributed by atoms with Crippen LogP contribution in [0, 0.1) is 12.7 Å². The number of hydrogen-bond donors (Lipinski definition) is 1. The van der Waals surface area contributed by atoms with Crippen molar-refractivity contribution in [2.24, 2.45) is 0 Å². The van der Waals surface area contributed by atoms with E-state index in [0.29, 0.717) is 11.5 Å². The van der Waals surface area contributed by atoms with Crippen LogP contribution in [0.1, 0.15) is 24.5 Å². The lowest BCUT2D eigenvalue weighted by molar-refractivity contribution is 0.441. The Morgan fingerprint density at radius 3 is 2.55 bits per heavy atom. The second kappa shape index (κ2) is 5.55. The second-order valence-corrected chi connectivity index (χ2v) is 6.49.